The second-order valence-corrected chi connectivity index (χ2v) is 4.36. The first-order valence-corrected chi connectivity index (χ1v) is 6.14. The van der Waals surface area contributed by atoms with E-state index in [1.807, 2.05) is 0 Å². The van der Waals surface area contributed by atoms with E-state index < -0.39 is 11.8 Å². The molecule has 0 amide bonds. The van der Waals surface area contributed by atoms with Crippen molar-refractivity contribution in [3.8, 4) is 0 Å². The van der Waals surface area contributed by atoms with Gasteiger partial charge in [-0.15, -0.1) is 0 Å². The Hall–Kier alpha value is -1.98. The molecule has 102 valence electrons. The maximum Gasteiger partial charge on any atom is 0.368 e. The Bertz CT molecular complexity index is 657. The Balaban J connectivity index is 2.11. The number of hydrogen-bond donors (Lipinski definition) is 0. The number of oxime groups is 1. The first-order chi connectivity index (χ1) is 9.59. The summed E-state index contributed by atoms with van der Waals surface area (Å²) in [6.07, 6.45) is 2.45. The summed E-state index contributed by atoms with van der Waals surface area (Å²) >= 11 is 11.5. The van der Waals surface area contributed by atoms with Crippen LogP contribution in [-0.4, -0.2) is 17.2 Å². The molecule has 1 heterocycles. The van der Waals surface area contributed by atoms with Crippen LogP contribution in [0.2, 0.25) is 10.2 Å². The molecule has 0 aliphatic carbocycles. The number of halogens is 3. The van der Waals surface area contributed by atoms with Gasteiger partial charge < -0.3 is 4.84 Å². The monoisotopic (exact) mass is 312 g/mol. The van der Waals surface area contributed by atoms with Crippen LogP contribution in [0.15, 0.2) is 41.7 Å². The number of nitrogens with zero attached hydrogens (tertiary/aromatic N) is 2. The molecule has 0 aliphatic rings. The SMILES string of the molecule is O=C(O/N=C/c1c(F)cccc1Cl)c1cccnc1Cl. The standard InChI is InChI=1S/C13H7Cl2FN2O2/c14-10-4-1-5-11(16)9(10)7-18-20-13(19)8-3-2-6-17-12(8)15/h1-7H/b18-7+. The molecular weight excluding hydrogens is 306 g/mol. The van der Waals surface area contributed by atoms with E-state index in [0.29, 0.717) is 0 Å². The smallest absolute Gasteiger partial charge is 0.313 e. The lowest BCUT2D eigenvalue weighted by Gasteiger charge is -2.00. The lowest BCUT2D eigenvalue weighted by atomic mass is 10.2. The highest BCUT2D eigenvalue weighted by Gasteiger charge is 2.12. The lowest BCUT2D eigenvalue weighted by Crippen LogP contribution is -2.03. The first-order valence-electron chi connectivity index (χ1n) is 5.39. The predicted octanol–water partition coefficient (Wildman–Crippen LogP) is 3.72. The molecule has 20 heavy (non-hydrogen) atoms. The molecular formula is C13H7Cl2FN2O2. The number of benzene rings is 1. The van der Waals surface area contributed by atoms with Crippen molar-refractivity contribution in [2.45, 2.75) is 0 Å². The van der Waals surface area contributed by atoms with Gasteiger partial charge in [0.15, 0.2) is 0 Å². The maximum absolute atomic E-state index is 13.4. The molecule has 0 radical (unpaired) electrons. The molecule has 0 N–H and O–H groups in total. The van der Waals surface area contributed by atoms with E-state index in [4.69, 9.17) is 23.2 Å². The fraction of sp³-hybridized carbons (Fsp3) is 0. The van der Waals surface area contributed by atoms with Crippen molar-refractivity contribution in [1.29, 1.82) is 0 Å². The molecule has 0 saturated carbocycles. The Labute approximate surface area is 123 Å². The van der Waals surface area contributed by atoms with Crippen LogP contribution < -0.4 is 0 Å². The zero-order valence-corrected chi connectivity index (χ0v) is 11.4. The van der Waals surface area contributed by atoms with Crippen LogP contribution in [0.5, 0.6) is 0 Å². The summed E-state index contributed by atoms with van der Waals surface area (Å²) in [6.45, 7) is 0. The van der Waals surface area contributed by atoms with Crippen molar-refractivity contribution >= 4 is 35.4 Å². The average Bonchev–Trinajstić information content (AvgIpc) is 2.42. The third-order valence-corrected chi connectivity index (χ3v) is 2.93. The number of pyridine rings is 1. The van der Waals surface area contributed by atoms with Crippen molar-refractivity contribution < 1.29 is 14.0 Å². The number of rotatable bonds is 3. The lowest BCUT2D eigenvalue weighted by molar-refractivity contribution is 0.0519. The van der Waals surface area contributed by atoms with Gasteiger partial charge in [0.1, 0.15) is 11.0 Å². The molecule has 2 rings (SSSR count). The molecule has 1 aromatic carbocycles. The van der Waals surface area contributed by atoms with Gasteiger partial charge in [-0.3, -0.25) is 0 Å². The Kier molecular flexibility index (Phi) is 4.65. The van der Waals surface area contributed by atoms with Crippen molar-refractivity contribution in [1.82, 2.24) is 4.98 Å². The molecule has 0 fully saturated rings. The minimum atomic E-state index is -0.799. The first kappa shape index (κ1) is 14.4. The summed E-state index contributed by atoms with van der Waals surface area (Å²) in [5.74, 6) is -1.37. The molecule has 4 nitrogen and oxygen atoms in total. The predicted molar refractivity (Wildman–Crippen MR) is 73.7 cm³/mol. The zero-order valence-electron chi connectivity index (χ0n) is 9.89. The van der Waals surface area contributed by atoms with Gasteiger partial charge in [0.05, 0.1) is 22.4 Å². The number of carbonyl (C=O) groups is 1. The second kappa shape index (κ2) is 6.45. The van der Waals surface area contributed by atoms with Gasteiger partial charge in [-0.05, 0) is 24.3 Å². The number of carbonyl (C=O) groups excluding carboxylic acids is 1. The van der Waals surface area contributed by atoms with Crippen LogP contribution in [-0.2, 0) is 4.84 Å². The molecule has 0 unspecified atom stereocenters. The van der Waals surface area contributed by atoms with Gasteiger partial charge in [-0.1, -0.05) is 34.4 Å². The molecule has 0 spiro atoms. The molecule has 0 saturated heterocycles. The van der Waals surface area contributed by atoms with Gasteiger partial charge in [-0.2, -0.15) is 0 Å². The molecule has 0 aliphatic heterocycles. The average molecular weight is 313 g/mol. The number of hydrogen-bond acceptors (Lipinski definition) is 4. The summed E-state index contributed by atoms with van der Waals surface area (Å²) in [6, 6.07) is 7.12. The van der Waals surface area contributed by atoms with Gasteiger partial charge in [-0.25, -0.2) is 14.2 Å². The highest BCUT2D eigenvalue weighted by Crippen LogP contribution is 2.17. The second-order valence-electron chi connectivity index (χ2n) is 3.59. The summed E-state index contributed by atoms with van der Waals surface area (Å²) in [5, 5.41) is 3.55. The van der Waals surface area contributed by atoms with Gasteiger partial charge >= 0.3 is 5.97 Å². The Morgan fingerprint density at radius 3 is 2.80 bits per heavy atom. The summed E-state index contributed by atoms with van der Waals surface area (Å²) in [5.41, 5.74) is 0.0881. The highest BCUT2D eigenvalue weighted by molar-refractivity contribution is 6.33. The van der Waals surface area contributed by atoms with Crippen molar-refractivity contribution in [3.05, 3.63) is 63.6 Å². The van der Waals surface area contributed by atoms with Crippen molar-refractivity contribution in [3.63, 3.8) is 0 Å². The quantitative estimate of drug-likeness (QED) is 0.375. The normalized spacial score (nSPS) is 10.8. The summed E-state index contributed by atoms with van der Waals surface area (Å²) < 4.78 is 13.4. The molecule has 7 heteroatoms. The minimum Gasteiger partial charge on any atom is -0.313 e. The third kappa shape index (κ3) is 3.31. The molecule has 1 aromatic heterocycles. The fourth-order valence-electron chi connectivity index (χ4n) is 1.35. The van der Waals surface area contributed by atoms with Gasteiger partial charge in [0, 0.05) is 6.20 Å². The van der Waals surface area contributed by atoms with E-state index in [0.717, 1.165) is 6.21 Å². The van der Waals surface area contributed by atoms with Crippen LogP contribution in [0.1, 0.15) is 15.9 Å². The van der Waals surface area contributed by atoms with Crippen LogP contribution in [0.25, 0.3) is 0 Å². The minimum absolute atomic E-state index is 0.00313. The topological polar surface area (TPSA) is 51.5 Å². The molecule has 0 bridgehead atoms. The van der Waals surface area contributed by atoms with Gasteiger partial charge in [0.2, 0.25) is 0 Å². The van der Waals surface area contributed by atoms with E-state index in [9.17, 15) is 9.18 Å². The Morgan fingerprint density at radius 1 is 1.30 bits per heavy atom. The molecule has 0 atom stereocenters. The third-order valence-electron chi connectivity index (χ3n) is 2.30. The van der Waals surface area contributed by atoms with Crippen LogP contribution in [0.3, 0.4) is 0 Å². The van der Waals surface area contributed by atoms with E-state index >= 15 is 0 Å². The summed E-state index contributed by atoms with van der Waals surface area (Å²) in [4.78, 5) is 20.0. The van der Waals surface area contributed by atoms with E-state index in [1.165, 1.54) is 36.5 Å². The fourth-order valence-corrected chi connectivity index (χ4v) is 1.76. The molecule has 2 aromatic rings. The summed E-state index contributed by atoms with van der Waals surface area (Å²) in [7, 11) is 0. The largest absolute Gasteiger partial charge is 0.368 e. The number of aromatic nitrogens is 1. The van der Waals surface area contributed by atoms with Crippen molar-refractivity contribution in [2.75, 3.05) is 0 Å². The van der Waals surface area contributed by atoms with Crippen LogP contribution >= 0.6 is 23.2 Å². The van der Waals surface area contributed by atoms with Gasteiger partial charge in [0.25, 0.3) is 0 Å². The maximum atomic E-state index is 13.4. The Morgan fingerprint density at radius 2 is 2.10 bits per heavy atom. The van der Waals surface area contributed by atoms with Crippen LogP contribution in [0.4, 0.5) is 4.39 Å². The van der Waals surface area contributed by atoms with E-state index in [-0.39, 0.29) is 21.3 Å². The van der Waals surface area contributed by atoms with Crippen molar-refractivity contribution in [2.24, 2.45) is 5.16 Å². The zero-order chi connectivity index (χ0) is 14.5. The highest BCUT2D eigenvalue weighted by atomic mass is 35.5. The van der Waals surface area contributed by atoms with Crippen LogP contribution in [0, 0.1) is 5.82 Å². The van der Waals surface area contributed by atoms with E-state index in [2.05, 4.69) is 15.0 Å². The van der Waals surface area contributed by atoms with E-state index in [1.54, 1.807) is 0 Å².